The summed E-state index contributed by atoms with van der Waals surface area (Å²) in [4.78, 5) is 29.0. The number of hydrogen-bond acceptors (Lipinski definition) is 4. The molecule has 1 aliphatic heterocycles. The quantitative estimate of drug-likeness (QED) is 0.627. The fraction of sp³-hybridized carbons (Fsp3) is 0.440. The topological polar surface area (TPSA) is 61.9 Å². The summed E-state index contributed by atoms with van der Waals surface area (Å²) in [5, 5.41) is 2.94. The Morgan fingerprint density at radius 2 is 1.94 bits per heavy atom. The van der Waals surface area contributed by atoms with E-state index in [2.05, 4.69) is 29.4 Å². The van der Waals surface area contributed by atoms with E-state index in [1.165, 1.54) is 5.56 Å². The van der Waals surface area contributed by atoms with Crippen molar-refractivity contribution in [1.29, 1.82) is 0 Å². The lowest BCUT2D eigenvalue weighted by Gasteiger charge is -2.33. The number of carbonyl (C=O) groups is 2. The van der Waals surface area contributed by atoms with E-state index in [-0.39, 0.29) is 30.8 Å². The van der Waals surface area contributed by atoms with Crippen LogP contribution in [0.3, 0.4) is 0 Å². The molecule has 2 aromatic carbocycles. The summed E-state index contributed by atoms with van der Waals surface area (Å²) in [6, 6.07) is 16.2. The van der Waals surface area contributed by atoms with Gasteiger partial charge in [-0.2, -0.15) is 0 Å². The van der Waals surface area contributed by atoms with Crippen molar-refractivity contribution in [3.05, 3.63) is 59.7 Å². The minimum Gasteiger partial charge on any atom is -0.487 e. The molecule has 0 fully saturated rings. The van der Waals surface area contributed by atoms with E-state index >= 15 is 0 Å². The zero-order valence-corrected chi connectivity index (χ0v) is 18.8. The summed E-state index contributed by atoms with van der Waals surface area (Å²) in [6.45, 7) is 6.85. The van der Waals surface area contributed by atoms with Crippen LogP contribution in [0.2, 0.25) is 0 Å². The van der Waals surface area contributed by atoms with Gasteiger partial charge in [0, 0.05) is 25.9 Å². The van der Waals surface area contributed by atoms with Crippen molar-refractivity contribution in [3.63, 3.8) is 0 Å². The van der Waals surface area contributed by atoms with Gasteiger partial charge in [0.05, 0.1) is 12.2 Å². The van der Waals surface area contributed by atoms with Gasteiger partial charge < -0.3 is 19.9 Å². The fourth-order valence-corrected chi connectivity index (χ4v) is 3.78. The number of amides is 2. The third-order valence-corrected chi connectivity index (χ3v) is 5.37. The second kappa shape index (κ2) is 11.0. The molecule has 1 unspecified atom stereocenters. The van der Waals surface area contributed by atoms with Crippen molar-refractivity contribution < 1.29 is 14.3 Å². The van der Waals surface area contributed by atoms with Gasteiger partial charge in [-0.05, 0) is 57.1 Å². The van der Waals surface area contributed by atoms with E-state index in [1.54, 1.807) is 4.90 Å². The van der Waals surface area contributed by atoms with E-state index in [0.717, 1.165) is 36.5 Å². The third-order valence-electron chi connectivity index (χ3n) is 5.37. The Morgan fingerprint density at radius 3 is 2.71 bits per heavy atom. The number of anilines is 1. The summed E-state index contributed by atoms with van der Waals surface area (Å²) < 4.78 is 5.84. The Labute approximate surface area is 185 Å². The first-order valence-corrected chi connectivity index (χ1v) is 11.0. The van der Waals surface area contributed by atoms with Crippen LogP contribution in [0, 0.1) is 6.92 Å². The molecule has 31 heavy (non-hydrogen) atoms. The highest BCUT2D eigenvalue weighted by Gasteiger charge is 2.27. The van der Waals surface area contributed by atoms with E-state index in [4.69, 9.17) is 4.74 Å². The standard InChI is InChI=1S/C25H33N3O3/c1-19-10-11-23-22(16-19)28(17-20(2)31-23)25(30)13-12-24(29)26-14-7-15-27(3)18-21-8-5-4-6-9-21/h4-6,8-11,16,20H,7,12-15,17-18H2,1-3H3,(H,26,29). The van der Waals surface area contributed by atoms with Gasteiger partial charge in [0.15, 0.2) is 0 Å². The van der Waals surface area contributed by atoms with Crippen LogP contribution in [-0.2, 0) is 16.1 Å². The maximum atomic E-state index is 12.8. The molecule has 1 N–H and O–H groups in total. The van der Waals surface area contributed by atoms with Crippen LogP contribution < -0.4 is 15.0 Å². The number of rotatable bonds is 9. The lowest BCUT2D eigenvalue weighted by atomic mass is 10.1. The summed E-state index contributed by atoms with van der Waals surface area (Å²) >= 11 is 0. The molecule has 0 aromatic heterocycles. The molecule has 1 heterocycles. The monoisotopic (exact) mass is 423 g/mol. The molecular weight excluding hydrogens is 390 g/mol. The lowest BCUT2D eigenvalue weighted by Crippen LogP contribution is -2.42. The Morgan fingerprint density at radius 1 is 1.16 bits per heavy atom. The highest BCUT2D eigenvalue weighted by atomic mass is 16.5. The van der Waals surface area contributed by atoms with Gasteiger partial charge in [0.25, 0.3) is 0 Å². The van der Waals surface area contributed by atoms with Crippen LogP contribution in [0.25, 0.3) is 0 Å². The number of carbonyl (C=O) groups excluding carboxylic acids is 2. The van der Waals surface area contributed by atoms with E-state index < -0.39 is 0 Å². The summed E-state index contributed by atoms with van der Waals surface area (Å²) in [5.41, 5.74) is 3.15. The zero-order chi connectivity index (χ0) is 22.2. The Balaban J connectivity index is 1.38. The Hall–Kier alpha value is -2.86. The first-order valence-electron chi connectivity index (χ1n) is 11.0. The molecule has 6 heteroatoms. The molecule has 2 aromatic rings. The number of benzene rings is 2. The van der Waals surface area contributed by atoms with Crippen molar-refractivity contribution in [2.75, 3.05) is 31.6 Å². The highest BCUT2D eigenvalue weighted by molar-refractivity contribution is 5.97. The predicted octanol–water partition coefficient (Wildman–Crippen LogP) is 3.53. The number of fused-ring (bicyclic) bond motifs is 1. The molecule has 0 aliphatic carbocycles. The van der Waals surface area contributed by atoms with E-state index in [9.17, 15) is 9.59 Å². The molecule has 166 valence electrons. The molecule has 1 atom stereocenters. The van der Waals surface area contributed by atoms with Gasteiger partial charge in [-0.25, -0.2) is 0 Å². The SMILES string of the molecule is Cc1ccc2c(c1)N(C(=O)CCC(=O)NCCCN(C)Cc1ccccc1)CC(C)O2. The molecule has 0 spiro atoms. The van der Waals surface area contributed by atoms with Gasteiger partial charge in [-0.15, -0.1) is 0 Å². The second-order valence-electron chi connectivity index (χ2n) is 8.33. The van der Waals surface area contributed by atoms with Gasteiger partial charge in [-0.1, -0.05) is 36.4 Å². The van der Waals surface area contributed by atoms with Gasteiger partial charge >= 0.3 is 0 Å². The Kier molecular flexibility index (Phi) is 8.06. The van der Waals surface area contributed by atoms with Crippen LogP contribution in [0.5, 0.6) is 5.75 Å². The number of aryl methyl sites for hydroxylation is 1. The number of hydrogen-bond donors (Lipinski definition) is 1. The van der Waals surface area contributed by atoms with Crippen LogP contribution >= 0.6 is 0 Å². The summed E-state index contributed by atoms with van der Waals surface area (Å²) in [6.07, 6.45) is 1.20. The Bertz CT molecular complexity index is 885. The number of nitrogens with zero attached hydrogens (tertiary/aromatic N) is 2. The zero-order valence-electron chi connectivity index (χ0n) is 18.8. The fourth-order valence-electron chi connectivity index (χ4n) is 3.78. The van der Waals surface area contributed by atoms with Crippen molar-refractivity contribution in [3.8, 4) is 5.75 Å². The van der Waals surface area contributed by atoms with Crippen molar-refractivity contribution in [2.24, 2.45) is 0 Å². The van der Waals surface area contributed by atoms with Gasteiger partial charge in [0.2, 0.25) is 11.8 Å². The summed E-state index contributed by atoms with van der Waals surface area (Å²) in [7, 11) is 2.08. The molecule has 0 radical (unpaired) electrons. The molecule has 0 saturated heterocycles. The average molecular weight is 424 g/mol. The maximum absolute atomic E-state index is 12.8. The van der Waals surface area contributed by atoms with Crippen LogP contribution in [0.4, 0.5) is 5.69 Å². The maximum Gasteiger partial charge on any atom is 0.227 e. The number of ether oxygens (including phenoxy) is 1. The van der Waals surface area contributed by atoms with Crippen molar-refractivity contribution >= 4 is 17.5 Å². The smallest absolute Gasteiger partial charge is 0.227 e. The van der Waals surface area contributed by atoms with Gasteiger partial charge in [0.1, 0.15) is 11.9 Å². The molecule has 0 bridgehead atoms. The summed E-state index contributed by atoms with van der Waals surface area (Å²) in [5.74, 6) is 0.603. The molecular formula is C25H33N3O3. The van der Waals surface area contributed by atoms with Crippen molar-refractivity contribution in [1.82, 2.24) is 10.2 Å². The predicted molar refractivity (Wildman–Crippen MR) is 123 cm³/mol. The lowest BCUT2D eigenvalue weighted by molar-refractivity contribution is -0.125. The van der Waals surface area contributed by atoms with Crippen LogP contribution in [0.1, 0.15) is 37.3 Å². The third kappa shape index (κ3) is 6.82. The first kappa shape index (κ1) is 22.8. The van der Waals surface area contributed by atoms with Gasteiger partial charge in [-0.3, -0.25) is 9.59 Å². The largest absolute Gasteiger partial charge is 0.487 e. The van der Waals surface area contributed by atoms with Crippen LogP contribution in [0.15, 0.2) is 48.5 Å². The normalized spacial score (nSPS) is 15.4. The molecule has 2 amide bonds. The van der Waals surface area contributed by atoms with Crippen molar-refractivity contribution in [2.45, 2.75) is 45.8 Å². The highest BCUT2D eigenvalue weighted by Crippen LogP contribution is 2.34. The minimum absolute atomic E-state index is 0.0419. The second-order valence-corrected chi connectivity index (χ2v) is 8.33. The van der Waals surface area contributed by atoms with E-state index in [1.807, 2.05) is 50.2 Å². The molecule has 6 nitrogen and oxygen atoms in total. The van der Waals surface area contributed by atoms with Crippen LogP contribution in [-0.4, -0.2) is 49.5 Å². The minimum atomic E-state index is -0.0789. The molecule has 3 rings (SSSR count). The molecule has 0 saturated carbocycles. The number of nitrogens with one attached hydrogen (secondary N) is 1. The molecule has 1 aliphatic rings. The average Bonchev–Trinajstić information content (AvgIpc) is 2.75. The first-order chi connectivity index (χ1) is 14.9. The van der Waals surface area contributed by atoms with E-state index in [0.29, 0.717) is 13.1 Å².